The van der Waals surface area contributed by atoms with E-state index in [4.69, 9.17) is 5.11 Å². The molecule has 3 atom stereocenters. The second-order valence-corrected chi connectivity index (χ2v) is 4.64. The number of β-amino-alcohol motifs (C(OH)–C–C–N with tert-alkyl or cyclic N) is 1. The van der Waals surface area contributed by atoms with Crippen molar-refractivity contribution < 1.29 is 19.8 Å². The Kier molecular flexibility index (Phi) is 3.46. The summed E-state index contributed by atoms with van der Waals surface area (Å²) in [5.41, 5.74) is 0. The van der Waals surface area contributed by atoms with Gasteiger partial charge in [0.1, 0.15) is 12.1 Å². The Morgan fingerprint density at radius 1 is 1.28 bits per heavy atom. The molecule has 2 aliphatic rings. The monoisotopic (exact) mass is 257 g/mol. The van der Waals surface area contributed by atoms with Gasteiger partial charge in [-0.3, -0.25) is 4.79 Å². The number of nitroso groups, excluding NO2 is 1. The smallest absolute Gasteiger partial charge is 0.326 e. The highest BCUT2D eigenvalue weighted by molar-refractivity contribution is 5.87. The Labute approximate surface area is 103 Å². The number of likely N-dealkylation sites (tertiary alicyclic amines) is 1. The van der Waals surface area contributed by atoms with E-state index >= 15 is 0 Å². The van der Waals surface area contributed by atoms with Gasteiger partial charge in [0.15, 0.2) is 0 Å². The molecular weight excluding hydrogens is 242 g/mol. The third-order valence-electron chi connectivity index (χ3n) is 3.46. The second kappa shape index (κ2) is 4.89. The van der Waals surface area contributed by atoms with E-state index in [0.717, 1.165) is 9.91 Å². The lowest BCUT2D eigenvalue weighted by molar-refractivity contribution is -0.150. The highest BCUT2D eigenvalue weighted by Gasteiger charge is 2.43. The number of rotatable bonds is 3. The number of carboxylic acids is 1. The number of hydrogen-bond acceptors (Lipinski definition) is 5. The molecule has 2 N–H and O–H groups in total. The summed E-state index contributed by atoms with van der Waals surface area (Å²) in [6.07, 6.45) is 0.372. The van der Waals surface area contributed by atoms with Crippen molar-refractivity contribution in [3.63, 3.8) is 0 Å². The lowest BCUT2D eigenvalue weighted by Gasteiger charge is -2.26. The normalized spacial score (nSPS) is 31.7. The van der Waals surface area contributed by atoms with Gasteiger partial charge in [-0.1, -0.05) is 0 Å². The van der Waals surface area contributed by atoms with Gasteiger partial charge < -0.3 is 15.1 Å². The summed E-state index contributed by atoms with van der Waals surface area (Å²) in [6.45, 7) is 0.410. The molecule has 2 saturated heterocycles. The molecule has 0 saturated carbocycles. The number of carbonyl (C=O) groups is 2. The van der Waals surface area contributed by atoms with Gasteiger partial charge in [-0.25, -0.2) is 9.80 Å². The zero-order valence-electron chi connectivity index (χ0n) is 9.73. The van der Waals surface area contributed by atoms with Crippen molar-refractivity contribution in [3.8, 4) is 0 Å². The summed E-state index contributed by atoms with van der Waals surface area (Å²) in [6, 6.07) is -1.70. The molecule has 2 fully saturated rings. The number of hydrogen-bond donors (Lipinski definition) is 2. The summed E-state index contributed by atoms with van der Waals surface area (Å²) < 4.78 is 0. The molecule has 3 unspecified atom stereocenters. The van der Waals surface area contributed by atoms with E-state index in [2.05, 4.69) is 5.29 Å². The van der Waals surface area contributed by atoms with Crippen LogP contribution in [0.4, 0.5) is 0 Å². The molecule has 0 aliphatic carbocycles. The molecule has 100 valence electrons. The van der Waals surface area contributed by atoms with Gasteiger partial charge in [0.05, 0.1) is 11.4 Å². The van der Waals surface area contributed by atoms with Crippen molar-refractivity contribution in [1.82, 2.24) is 9.91 Å². The van der Waals surface area contributed by atoms with E-state index in [1.54, 1.807) is 0 Å². The predicted octanol–water partition coefficient (Wildman–Crippen LogP) is -0.821. The topological polar surface area (TPSA) is 111 Å². The fourth-order valence-electron chi connectivity index (χ4n) is 2.58. The van der Waals surface area contributed by atoms with Crippen LogP contribution in [0.2, 0.25) is 0 Å². The molecule has 2 heterocycles. The maximum Gasteiger partial charge on any atom is 0.326 e. The van der Waals surface area contributed by atoms with Crippen LogP contribution < -0.4 is 0 Å². The van der Waals surface area contributed by atoms with E-state index in [1.165, 1.54) is 0 Å². The minimum Gasteiger partial charge on any atom is -0.480 e. The van der Waals surface area contributed by atoms with Gasteiger partial charge in [-0.15, -0.1) is 4.91 Å². The van der Waals surface area contributed by atoms with Gasteiger partial charge >= 0.3 is 5.97 Å². The Morgan fingerprint density at radius 2 is 2.00 bits per heavy atom. The minimum atomic E-state index is -1.14. The number of carbonyl (C=O) groups excluding carboxylic acids is 1. The summed E-state index contributed by atoms with van der Waals surface area (Å²) in [5, 5.41) is 22.4. The third kappa shape index (κ3) is 2.15. The SMILES string of the molecule is O=NN1CCCC1C(=O)N1CC(O)CC1C(=O)O. The van der Waals surface area contributed by atoms with Crippen molar-refractivity contribution >= 4 is 11.9 Å². The quantitative estimate of drug-likeness (QED) is 0.639. The van der Waals surface area contributed by atoms with Gasteiger partial charge in [-0.05, 0) is 12.8 Å². The molecule has 1 amide bonds. The molecule has 0 aromatic heterocycles. The van der Waals surface area contributed by atoms with Gasteiger partial charge in [-0.2, -0.15) is 0 Å². The van der Waals surface area contributed by atoms with Crippen LogP contribution >= 0.6 is 0 Å². The number of aliphatic hydroxyl groups is 1. The summed E-state index contributed by atoms with van der Waals surface area (Å²) in [7, 11) is 0. The third-order valence-corrected chi connectivity index (χ3v) is 3.46. The largest absolute Gasteiger partial charge is 0.480 e. The zero-order valence-corrected chi connectivity index (χ0v) is 9.73. The molecule has 0 aromatic rings. The van der Waals surface area contributed by atoms with Crippen LogP contribution in [0.15, 0.2) is 5.29 Å². The lowest BCUT2D eigenvalue weighted by Crippen LogP contribution is -2.48. The molecule has 8 nitrogen and oxygen atoms in total. The minimum absolute atomic E-state index is 0.000995. The van der Waals surface area contributed by atoms with Crippen LogP contribution in [0.3, 0.4) is 0 Å². The lowest BCUT2D eigenvalue weighted by atomic mass is 10.1. The fraction of sp³-hybridized carbons (Fsp3) is 0.800. The molecule has 2 rings (SSSR count). The number of nitrogens with zero attached hydrogens (tertiary/aromatic N) is 3. The summed E-state index contributed by atoms with van der Waals surface area (Å²) >= 11 is 0. The molecule has 8 heteroatoms. The first kappa shape index (κ1) is 12.7. The Balaban J connectivity index is 2.12. The Hall–Kier alpha value is -1.70. The van der Waals surface area contributed by atoms with Gasteiger partial charge in [0.25, 0.3) is 0 Å². The number of amides is 1. The summed E-state index contributed by atoms with van der Waals surface area (Å²) in [4.78, 5) is 34.9. The molecule has 18 heavy (non-hydrogen) atoms. The van der Waals surface area contributed by atoms with E-state index in [1.807, 2.05) is 0 Å². The number of aliphatic hydroxyl groups excluding tert-OH is 1. The second-order valence-electron chi connectivity index (χ2n) is 4.64. The molecular formula is C10H15N3O5. The van der Waals surface area contributed by atoms with E-state index in [-0.39, 0.29) is 13.0 Å². The van der Waals surface area contributed by atoms with Crippen molar-refractivity contribution in [3.05, 3.63) is 4.91 Å². The van der Waals surface area contributed by atoms with Crippen LogP contribution in [0.5, 0.6) is 0 Å². The molecule has 0 spiro atoms. The number of carboxylic acid groups (broad SMARTS) is 1. The van der Waals surface area contributed by atoms with E-state index < -0.39 is 30.1 Å². The number of aliphatic carboxylic acids is 1. The van der Waals surface area contributed by atoms with Crippen LogP contribution in [0.1, 0.15) is 19.3 Å². The van der Waals surface area contributed by atoms with E-state index in [9.17, 15) is 19.6 Å². The standard InChI is InChI=1S/C10H15N3O5/c14-6-4-8(10(16)17)12(5-6)9(15)7-2-1-3-13(7)11-18/h6-8,14H,1-5H2,(H,16,17). The van der Waals surface area contributed by atoms with Gasteiger partial charge in [0.2, 0.25) is 5.91 Å². The van der Waals surface area contributed by atoms with Crippen LogP contribution in [0.25, 0.3) is 0 Å². The average molecular weight is 257 g/mol. The highest BCUT2D eigenvalue weighted by atomic mass is 16.4. The first-order valence-electron chi connectivity index (χ1n) is 5.86. The maximum absolute atomic E-state index is 12.2. The Bertz CT molecular complexity index is 375. The van der Waals surface area contributed by atoms with Crippen molar-refractivity contribution in [2.24, 2.45) is 5.29 Å². The Morgan fingerprint density at radius 3 is 2.61 bits per heavy atom. The average Bonchev–Trinajstić information content (AvgIpc) is 2.93. The fourth-order valence-corrected chi connectivity index (χ4v) is 2.58. The van der Waals surface area contributed by atoms with Crippen LogP contribution in [0, 0.1) is 4.91 Å². The summed E-state index contributed by atoms with van der Waals surface area (Å²) in [5.74, 6) is -1.57. The predicted molar refractivity (Wildman–Crippen MR) is 59.3 cm³/mol. The molecule has 2 aliphatic heterocycles. The van der Waals surface area contributed by atoms with Crippen LogP contribution in [-0.2, 0) is 9.59 Å². The van der Waals surface area contributed by atoms with E-state index in [0.29, 0.717) is 19.4 Å². The first-order chi connectivity index (χ1) is 8.54. The zero-order chi connectivity index (χ0) is 13.3. The molecule has 0 aromatic carbocycles. The van der Waals surface area contributed by atoms with Crippen LogP contribution in [-0.4, -0.2) is 63.3 Å². The van der Waals surface area contributed by atoms with Gasteiger partial charge in [0, 0.05) is 19.5 Å². The highest BCUT2D eigenvalue weighted by Crippen LogP contribution is 2.25. The maximum atomic E-state index is 12.2. The first-order valence-corrected chi connectivity index (χ1v) is 5.86. The molecule has 0 bridgehead atoms. The molecule has 0 radical (unpaired) electrons. The van der Waals surface area contributed by atoms with Crippen molar-refractivity contribution in [2.45, 2.75) is 37.5 Å². The van der Waals surface area contributed by atoms with Crippen molar-refractivity contribution in [1.29, 1.82) is 0 Å². The van der Waals surface area contributed by atoms with Crippen molar-refractivity contribution in [2.75, 3.05) is 13.1 Å².